The number of methoxy groups -OCH3 is 1. The summed E-state index contributed by atoms with van der Waals surface area (Å²) in [5.74, 6) is -0.909. The van der Waals surface area contributed by atoms with Gasteiger partial charge in [0.15, 0.2) is 0 Å². The van der Waals surface area contributed by atoms with Gasteiger partial charge in [0.2, 0.25) is 0 Å². The average molecular weight is 465 g/mol. The minimum atomic E-state index is -0.877. The Balaban J connectivity index is 1.88. The summed E-state index contributed by atoms with van der Waals surface area (Å²) in [5.41, 5.74) is 1.32. The van der Waals surface area contributed by atoms with Crippen molar-refractivity contribution in [2.75, 3.05) is 18.6 Å². The number of rotatable bonds is 6. The van der Waals surface area contributed by atoms with Crippen LogP contribution in [0.1, 0.15) is 24.1 Å². The van der Waals surface area contributed by atoms with E-state index in [2.05, 4.69) is 4.98 Å². The van der Waals surface area contributed by atoms with Gasteiger partial charge in [-0.2, -0.15) is 0 Å². The van der Waals surface area contributed by atoms with Crippen molar-refractivity contribution >= 4 is 34.7 Å². The van der Waals surface area contributed by atoms with E-state index in [0.29, 0.717) is 39.9 Å². The maximum atomic E-state index is 13.2. The normalized spacial score (nSPS) is 17.3. The molecule has 1 atom stereocenters. The van der Waals surface area contributed by atoms with Gasteiger partial charge in [-0.1, -0.05) is 17.7 Å². The molecule has 7 nitrogen and oxygen atoms in total. The van der Waals surface area contributed by atoms with Crippen molar-refractivity contribution < 1.29 is 24.2 Å². The summed E-state index contributed by atoms with van der Waals surface area (Å²) < 4.78 is 10.7. The average Bonchev–Trinajstić information content (AvgIpc) is 3.10. The van der Waals surface area contributed by atoms with Crippen LogP contribution in [0.3, 0.4) is 0 Å². The molecule has 0 bridgehead atoms. The van der Waals surface area contributed by atoms with Crippen molar-refractivity contribution in [3.63, 3.8) is 0 Å². The summed E-state index contributed by atoms with van der Waals surface area (Å²) in [6.07, 6.45) is 3.16. The number of carbonyl (C=O) groups is 2. The highest BCUT2D eigenvalue weighted by Gasteiger charge is 2.47. The Morgan fingerprint density at radius 2 is 1.91 bits per heavy atom. The maximum Gasteiger partial charge on any atom is 0.300 e. The van der Waals surface area contributed by atoms with Crippen LogP contribution in [0.2, 0.25) is 5.02 Å². The van der Waals surface area contributed by atoms with Gasteiger partial charge in [0.05, 0.1) is 30.4 Å². The van der Waals surface area contributed by atoms with Crippen molar-refractivity contribution in [1.82, 2.24) is 4.98 Å². The summed E-state index contributed by atoms with van der Waals surface area (Å²) in [4.78, 5) is 31.8. The van der Waals surface area contributed by atoms with Crippen LogP contribution in [0.4, 0.5) is 5.69 Å². The second-order valence-electron chi connectivity index (χ2n) is 7.23. The van der Waals surface area contributed by atoms with Gasteiger partial charge in [0.25, 0.3) is 11.7 Å². The van der Waals surface area contributed by atoms with Crippen LogP contribution in [0, 0.1) is 0 Å². The molecule has 168 valence electrons. The number of pyridine rings is 1. The first-order valence-electron chi connectivity index (χ1n) is 10.2. The molecular weight excluding hydrogens is 444 g/mol. The van der Waals surface area contributed by atoms with Crippen LogP contribution < -0.4 is 14.4 Å². The monoisotopic (exact) mass is 464 g/mol. The maximum absolute atomic E-state index is 13.2. The van der Waals surface area contributed by atoms with Crippen LogP contribution in [0.5, 0.6) is 11.5 Å². The van der Waals surface area contributed by atoms with Crippen LogP contribution in [-0.2, 0) is 9.59 Å². The molecule has 0 radical (unpaired) electrons. The third-order valence-corrected chi connectivity index (χ3v) is 5.61. The van der Waals surface area contributed by atoms with E-state index in [1.807, 2.05) is 6.92 Å². The van der Waals surface area contributed by atoms with E-state index in [9.17, 15) is 14.7 Å². The lowest BCUT2D eigenvalue weighted by molar-refractivity contribution is -0.132. The fourth-order valence-corrected chi connectivity index (χ4v) is 3.98. The van der Waals surface area contributed by atoms with Crippen molar-refractivity contribution in [1.29, 1.82) is 0 Å². The Morgan fingerprint density at radius 3 is 2.55 bits per heavy atom. The highest BCUT2D eigenvalue weighted by molar-refractivity contribution is 6.51. The number of amides is 1. The molecule has 0 aliphatic carbocycles. The van der Waals surface area contributed by atoms with E-state index in [4.69, 9.17) is 21.1 Å². The summed E-state index contributed by atoms with van der Waals surface area (Å²) in [5, 5.41) is 11.5. The largest absolute Gasteiger partial charge is 0.507 e. The van der Waals surface area contributed by atoms with Gasteiger partial charge < -0.3 is 14.6 Å². The minimum Gasteiger partial charge on any atom is -0.507 e. The van der Waals surface area contributed by atoms with Crippen molar-refractivity contribution in [2.24, 2.45) is 0 Å². The van der Waals surface area contributed by atoms with Crippen LogP contribution in [0.25, 0.3) is 5.76 Å². The molecule has 1 fully saturated rings. The zero-order valence-corrected chi connectivity index (χ0v) is 18.7. The second kappa shape index (κ2) is 9.34. The van der Waals surface area contributed by atoms with E-state index in [-0.39, 0.29) is 11.3 Å². The zero-order valence-electron chi connectivity index (χ0n) is 18.0. The molecular formula is C25H21ClN2O5. The Labute approximate surface area is 195 Å². The topological polar surface area (TPSA) is 89.0 Å². The number of aliphatic hydroxyl groups excluding tert-OH is 1. The molecule has 1 aliphatic rings. The lowest BCUT2D eigenvalue weighted by Crippen LogP contribution is -2.29. The number of benzene rings is 2. The van der Waals surface area contributed by atoms with Gasteiger partial charge in [0.1, 0.15) is 17.3 Å². The minimum absolute atomic E-state index is 0.0498. The number of ether oxygens (including phenoxy) is 2. The third kappa shape index (κ3) is 4.15. The van der Waals surface area contributed by atoms with E-state index in [1.54, 1.807) is 60.9 Å². The molecule has 8 heteroatoms. The number of aliphatic hydroxyl groups is 1. The first-order chi connectivity index (χ1) is 16.0. The number of Topliss-reactive ketones (excluding diaryl/α,β-unsaturated/α-hetero) is 1. The molecule has 0 saturated carbocycles. The van der Waals surface area contributed by atoms with Crippen molar-refractivity contribution in [3.05, 3.63) is 88.7 Å². The predicted octanol–water partition coefficient (Wildman–Crippen LogP) is 4.77. The van der Waals surface area contributed by atoms with Crippen LogP contribution >= 0.6 is 11.6 Å². The van der Waals surface area contributed by atoms with Crippen molar-refractivity contribution in [2.45, 2.75) is 13.0 Å². The zero-order chi connectivity index (χ0) is 23.5. The van der Waals surface area contributed by atoms with Gasteiger partial charge >= 0.3 is 0 Å². The number of ketones is 1. The molecule has 1 N–H and O–H groups in total. The highest BCUT2D eigenvalue weighted by atomic mass is 35.5. The van der Waals surface area contributed by atoms with Gasteiger partial charge in [-0.15, -0.1) is 0 Å². The number of nitrogens with zero attached hydrogens (tertiary/aromatic N) is 2. The van der Waals surface area contributed by atoms with Gasteiger partial charge in [-0.25, -0.2) is 0 Å². The lowest BCUT2D eigenvalue weighted by Gasteiger charge is -2.25. The molecule has 3 aromatic rings. The Morgan fingerprint density at radius 1 is 1.15 bits per heavy atom. The molecule has 1 saturated heterocycles. The third-order valence-electron chi connectivity index (χ3n) is 5.30. The SMILES string of the molecule is CCOc1ccc(N2C(=O)C(=O)/C(=C(\O)c3ccc(Cl)c(OC)c3)C2c2cccnc2)cc1. The summed E-state index contributed by atoms with van der Waals surface area (Å²) in [6, 6.07) is 14.1. The summed E-state index contributed by atoms with van der Waals surface area (Å²) >= 11 is 6.11. The quantitative estimate of drug-likeness (QED) is 0.321. The molecule has 1 aromatic heterocycles. The first-order valence-corrected chi connectivity index (χ1v) is 10.6. The Kier molecular flexibility index (Phi) is 6.33. The Bertz CT molecular complexity index is 1230. The number of hydrogen-bond acceptors (Lipinski definition) is 6. The molecule has 4 rings (SSSR count). The molecule has 2 aromatic carbocycles. The Hall–Kier alpha value is -3.84. The molecule has 33 heavy (non-hydrogen) atoms. The molecule has 1 aliphatic heterocycles. The number of carbonyl (C=O) groups excluding carboxylic acids is 2. The summed E-state index contributed by atoms with van der Waals surface area (Å²) in [6.45, 7) is 2.38. The lowest BCUT2D eigenvalue weighted by atomic mass is 9.96. The molecule has 1 unspecified atom stereocenters. The fourth-order valence-electron chi connectivity index (χ4n) is 3.78. The summed E-state index contributed by atoms with van der Waals surface area (Å²) in [7, 11) is 1.45. The second-order valence-corrected chi connectivity index (χ2v) is 7.64. The van der Waals surface area contributed by atoms with E-state index >= 15 is 0 Å². The van der Waals surface area contributed by atoms with E-state index in [0.717, 1.165) is 0 Å². The number of halogens is 1. The molecule has 2 heterocycles. The first kappa shape index (κ1) is 22.4. The van der Waals surface area contributed by atoms with E-state index < -0.39 is 17.7 Å². The van der Waals surface area contributed by atoms with Crippen LogP contribution in [0.15, 0.2) is 72.6 Å². The molecule has 0 spiro atoms. The highest BCUT2D eigenvalue weighted by Crippen LogP contribution is 2.42. The van der Waals surface area contributed by atoms with Gasteiger partial charge in [0, 0.05) is 23.6 Å². The fraction of sp³-hybridized carbons (Fsp3) is 0.160. The van der Waals surface area contributed by atoms with Crippen LogP contribution in [-0.4, -0.2) is 35.5 Å². The number of anilines is 1. The number of aromatic nitrogens is 1. The predicted molar refractivity (Wildman–Crippen MR) is 125 cm³/mol. The van der Waals surface area contributed by atoms with Gasteiger partial charge in [-0.3, -0.25) is 19.5 Å². The molecule has 1 amide bonds. The smallest absolute Gasteiger partial charge is 0.300 e. The standard InChI is InChI=1S/C25H21ClN2O5/c1-3-33-18-9-7-17(8-10-18)28-22(16-5-4-12-27-14-16)21(24(30)25(28)31)23(29)15-6-11-19(26)20(13-15)32-2/h4-14,22,29H,3H2,1-2H3/b23-21-. The van der Waals surface area contributed by atoms with E-state index in [1.165, 1.54) is 18.1 Å². The van der Waals surface area contributed by atoms with Crippen molar-refractivity contribution in [3.8, 4) is 11.5 Å². The number of hydrogen-bond donors (Lipinski definition) is 1. The van der Waals surface area contributed by atoms with Gasteiger partial charge in [-0.05, 0) is 61.0 Å².